The monoisotopic (exact) mass is 367 g/mol. The standard InChI is InChI=1S/C18H25NO5S/c20-17(15-8-4-9-16(12-15)18(21)22)19-10-5-11-25(23,24)13-14-6-2-1-3-7-14/h1-3,6-7,15-16H,4-5,8-13H2,(H,19,20)(H,21,22). The summed E-state index contributed by atoms with van der Waals surface area (Å²) in [5.41, 5.74) is 0.758. The van der Waals surface area contributed by atoms with Gasteiger partial charge in [0.15, 0.2) is 9.84 Å². The minimum atomic E-state index is -3.21. The number of aliphatic carboxylic acids is 1. The molecule has 1 saturated carbocycles. The van der Waals surface area contributed by atoms with Gasteiger partial charge in [-0.1, -0.05) is 36.8 Å². The summed E-state index contributed by atoms with van der Waals surface area (Å²) in [6.07, 6.45) is 2.78. The Bertz CT molecular complexity index is 687. The van der Waals surface area contributed by atoms with Crippen molar-refractivity contribution in [3.63, 3.8) is 0 Å². The average molecular weight is 367 g/mol. The van der Waals surface area contributed by atoms with Crippen LogP contribution in [0.15, 0.2) is 30.3 Å². The summed E-state index contributed by atoms with van der Waals surface area (Å²) in [6, 6.07) is 9.01. The van der Waals surface area contributed by atoms with Gasteiger partial charge in [-0.25, -0.2) is 8.42 Å². The molecule has 0 radical (unpaired) electrons. The lowest BCUT2D eigenvalue weighted by Crippen LogP contribution is -2.36. The van der Waals surface area contributed by atoms with Crippen LogP contribution in [0.5, 0.6) is 0 Å². The molecule has 2 N–H and O–H groups in total. The highest BCUT2D eigenvalue weighted by molar-refractivity contribution is 7.90. The lowest BCUT2D eigenvalue weighted by atomic mass is 9.81. The predicted octanol–water partition coefficient (Wildman–Crippen LogP) is 2.00. The zero-order valence-electron chi connectivity index (χ0n) is 14.2. The third kappa shape index (κ3) is 6.49. The first-order valence-corrected chi connectivity index (χ1v) is 10.4. The van der Waals surface area contributed by atoms with Crippen LogP contribution in [0.25, 0.3) is 0 Å². The number of carbonyl (C=O) groups is 2. The topological polar surface area (TPSA) is 101 Å². The van der Waals surface area contributed by atoms with Crippen LogP contribution in [0.3, 0.4) is 0 Å². The smallest absolute Gasteiger partial charge is 0.306 e. The second-order valence-electron chi connectivity index (χ2n) is 6.62. The van der Waals surface area contributed by atoms with Gasteiger partial charge in [-0.05, 0) is 31.2 Å². The van der Waals surface area contributed by atoms with Crippen LogP contribution in [0.2, 0.25) is 0 Å². The highest BCUT2D eigenvalue weighted by atomic mass is 32.2. The molecule has 25 heavy (non-hydrogen) atoms. The largest absolute Gasteiger partial charge is 0.481 e. The van der Waals surface area contributed by atoms with E-state index in [2.05, 4.69) is 5.32 Å². The summed E-state index contributed by atoms with van der Waals surface area (Å²) in [6.45, 7) is 0.293. The molecule has 0 bridgehead atoms. The van der Waals surface area contributed by atoms with E-state index in [1.54, 1.807) is 24.3 Å². The molecule has 1 aromatic rings. The van der Waals surface area contributed by atoms with E-state index in [1.165, 1.54) is 0 Å². The van der Waals surface area contributed by atoms with Crippen LogP contribution >= 0.6 is 0 Å². The second-order valence-corrected chi connectivity index (χ2v) is 8.80. The van der Waals surface area contributed by atoms with Gasteiger partial charge in [0.1, 0.15) is 0 Å². The number of rotatable bonds is 8. The highest BCUT2D eigenvalue weighted by Gasteiger charge is 2.30. The number of nitrogens with one attached hydrogen (secondary N) is 1. The molecule has 2 atom stereocenters. The molecule has 1 aliphatic rings. The van der Waals surface area contributed by atoms with Gasteiger partial charge >= 0.3 is 5.97 Å². The molecule has 0 aromatic heterocycles. The fraction of sp³-hybridized carbons (Fsp3) is 0.556. The molecule has 0 saturated heterocycles. The van der Waals surface area contributed by atoms with Gasteiger partial charge in [0.2, 0.25) is 5.91 Å². The Morgan fingerprint density at radius 2 is 1.80 bits per heavy atom. The Morgan fingerprint density at radius 3 is 2.48 bits per heavy atom. The number of carboxylic acid groups (broad SMARTS) is 1. The first-order valence-electron chi connectivity index (χ1n) is 8.62. The van der Waals surface area contributed by atoms with E-state index in [-0.39, 0.29) is 23.3 Å². The molecule has 0 spiro atoms. The fourth-order valence-corrected chi connectivity index (χ4v) is 4.63. The van der Waals surface area contributed by atoms with Crippen LogP contribution in [0, 0.1) is 11.8 Å². The van der Waals surface area contributed by atoms with Crippen molar-refractivity contribution in [2.75, 3.05) is 12.3 Å². The summed E-state index contributed by atoms with van der Waals surface area (Å²) in [7, 11) is -3.21. The molecule has 1 fully saturated rings. The van der Waals surface area contributed by atoms with Gasteiger partial charge in [0, 0.05) is 12.5 Å². The zero-order valence-corrected chi connectivity index (χ0v) is 15.0. The number of hydrogen-bond donors (Lipinski definition) is 2. The molecule has 2 rings (SSSR count). The van der Waals surface area contributed by atoms with Crippen molar-refractivity contribution in [2.24, 2.45) is 11.8 Å². The van der Waals surface area contributed by atoms with Crippen molar-refractivity contribution < 1.29 is 23.1 Å². The summed E-state index contributed by atoms with van der Waals surface area (Å²) >= 11 is 0. The van der Waals surface area contributed by atoms with Gasteiger partial charge in [0.25, 0.3) is 0 Å². The van der Waals surface area contributed by atoms with Crippen molar-refractivity contribution in [3.05, 3.63) is 35.9 Å². The maximum Gasteiger partial charge on any atom is 0.306 e. The summed E-state index contributed by atoms with van der Waals surface area (Å²) < 4.78 is 24.2. The zero-order chi connectivity index (χ0) is 18.3. The van der Waals surface area contributed by atoms with E-state index in [9.17, 15) is 18.0 Å². The number of hydrogen-bond acceptors (Lipinski definition) is 4. The first-order chi connectivity index (χ1) is 11.9. The van der Waals surface area contributed by atoms with Gasteiger partial charge < -0.3 is 10.4 Å². The molecule has 1 aromatic carbocycles. The van der Waals surface area contributed by atoms with E-state index < -0.39 is 21.7 Å². The average Bonchev–Trinajstić information content (AvgIpc) is 2.59. The third-order valence-electron chi connectivity index (χ3n) is 4.55. The number of sulfone groups is 1. The molecule has 7 heteroatoms. The van der Waals surface area contributed by atoms with E-state index >= 15 is 0 Å². The van der Waals surface area contributed by atoms with Crippen LogP contribution in [0.1, 0.15) is 37.7 Å². The van der Waals surface area contributed by atoms with Crippen LogP contribution in [-0.2, 0) is 25.2 Å². The summed E-state index contributed by atoms with van der Waals surface area (Å²) in [4.78, 5) is 23.2. The molecule has 1 amide bonds. The predicted molar refractivity (Wildman–Crippen MR) is 94.6 cm³/mol. The Kier molecular flexibility index (Phi) is 6.99. The normalized spacial score (nSPS) is 20.8. The summed E-state index contributed by atoms with van der Waals surface area (Å²) in [5, 5.41) is 11.8. The lowest BCUT2D eigenvalue weighted by Gasteiger charge is -2.25. The number of amides is 1. The molecule has 138 valence electrons. The Balaban J connectivity index is 1.71. The molecular formula is C18H25NO5S. The molecule has 6 nitrogen and oxygen atoms in total. The van der Waals surface area contributed by atoms with Crippen molar-refractivity contribution in [1.82, 2.24) is 5.32 Å². The van der Waals surface area contributed by atoms with Crippen LogP contribution < -0.4 is 5.32 Å². The van der Waals surface area contributed by atoms with E-state index in [0.717, 1.165) is 12.0 Å². The summed E-state index contributed by atoms with van der Waals surface area (Å²) in [5.74, 6) is -1.71. The molecule has 2 unspecified atom stereocenters. The number of carboxylic acids is 1. The molecule has 0 heterocycles. The van der Waals surface area contributed by atoms with Gasteiger partial charge in [-0.3, -0.25) is 9.59 Å². The molecule has 1 aliphatic carbocycles. The van der Waals surface area contributed by atoms with Crippen molar-refractivity contribution >= 4 is 21.7 Å². The molecular weight excluding hydrogens is 342 g/mol. The Morgan fingerprint density at radius 1 is 1.12 bits per heavy atom. The van der Waals surface area contributed by atoms with Gasteiger partial charge in [-0.15, -0.1) is 0 Å². The van der Waals surface area contributed by atoms with Gasteiger partial charge in [-0.2, -0.15) is 0 Å². The number of benzene rings is 1. The number of carbonyl (C=O) groups excluding carboxylic acids is 1. The van der Waals surface area contributed by atoms with E-state index in [0.29, 0.717) is 32.2 Å². The quantitative estimate of drug-likeness (QED) is 0.685. The Hall–Kier alpha value is -1.89. The van der Waals surface area contributed by atoms with E-state index in [1.807, 2.05) is 6.07 Å². The SMILES string of the molecule is O=C(O)C1CCCC(C(=O)NCCCS(=O)(=O)Cc2ccccc2)C1. The second kappa shape index (κ2) is 8.99. The van der Waals surface area contributed by atoms with Crippen molar-refractivity contribution in [1.29, 1.82) is 0 Å². The Labute approximate surface area is 148 Å². The maximum atomic E-state index is 12.1. The maximum absolute atomic E-state index is 12.1. The van der Waals surface area contributed by atoms with Crippen LogP contribution in [0.4, 0.5) is 0 Å². The van der Waals surface area contributed by atoms with Gasteiger partial charge in [0.05, 0.1) is 17.4 Å². The minimum absolute atomic E-state index is 0.00467. The minimum Gasteiger partial charge on any atom is -0.481 e. The highest BCUT2D eigenvalue weighted by Crippen LogP contribution is 2.29. The van der Waals surface area contributed by atoms with E-state index in [4.69, 9.17) is 5.11 Å². The molecule has 0 aliphatic heterocycles. The van der Waals surface area contributed by atoms with Crippen molar-refractivity contribution in [3.8, 4) is 0 Å². The van der Waals surface area contributed by atoms with Crippen molar-refractivity contribution in [2.45, 2.75) is 37.9 Å². The first kappa shape index (κ1) is 19.4. The third-order valence-corrected chi connectivity index (χ3v) is 6.24. The van der Waals surface area contributed by atoms with Crippen LogP contribution in [-0.4, -0.2) is 37.7 Å². The lowest BCUT2D eigenvalue weighted by molar-refractivity contribution is -0.144. The fourth-order valence-electron chi connectivity index (χ4n) is 3.20.